The van der Waals surface area contributed by atoms with Crippen LogP contribution in [0.1, 0.15) is 31.2 Å². The molecule has 1 fully saturated rings. The SMILES string of the molecule is O=C(OCc1ccccc1)N1C2C=C(CCCC(F)(F)F)CC1COC2. The first-order valence-corrected chi connectivity index (χ1v) is 8.75. The number of rotatable bonds is 5. The molecule has 2 aliphatic rings. The fourth-order valence-electron chi connectivity index (χ4n) is 3.46. The Balaban J connectivity index is 1.58. The number of halogens is 3. The summed E-state index contributed by atoms with van der Waals surface area (Å²) >= 11 is 0. The minimum absolute atomic E-state index is 0.0775. The maximum absolute atomic E-state index is 12.5. The van der Waals surface area contributed by atoms with Crippen LogP contribution < -0.4 is 0 Å². The lowest BCUT2D eigenvalue weighted by Gasteiger charge is -2.43. The van der Waals surface area contributed by atoms with E-state index < -0.39 is 18.7 Å². The first kappa shape index (κ1) is 18.8. The third kappa shape index (κ3) is 5.00. The highest BCUT2D eigenvalue weighted by Crippen LogP contribution is 2.31. The van der Waals surface area contributed by atoms with Gasteiger partial charge in [0.1, 0.15) is 6.61 Å². The van der Waals surface area contributed by atoms with Gasteiger partial charge in [-0.15, -0.1) is 0 Å². The molecule has 0 N–H and O–H groups in total. The van der Waals surface area contributed by atoms with E-state index in [0.29, 0.717) is 26.1 Å². The van der Waals surface area contributed by atoms with Gasteiger partial charge in [-0.25, -0.2) is 4.79 Å². The standard InChI is InChI=1S/C19H22F3NO3/c20-19(21,22)8-4-7-15-9-16-12-25-13-17(10-15)23(16)18(24)26-11-14-5-2-1-3-6-14/h1-3,5-6,9,16-17H,4,7-8,10-13H2. The second-order valence-electron chi connectivity index (χ2n) is 6.70. The van der Waals surface area contributed by atoms with Gasteiger partial charge in [0.2, 0.25) is 0 Å². The van der Waals surface area contributed by atoms with Crippen LogP contribution in [0, 0.1) is 0 Å². The first-order valence-electron chi connectivity index (χ1n) is 8.75. The number of nitrogens with zero attached hydrogens (tertiary/aromatic N) is 1. The molecule has 4 nitrogen and oxygen atoms in total. The van der Waals surface area contributed by atoms with E-state index in [1.807, 2.05) is 36.4 Å². The van der Waals surface area contributed by atoms with Crippen LogP contribution in [0.4, 0.5) is 18.0 Å². The molecule has 2 aliphatic heterocycles. The van der Waals surface area contributed by atoms with Crippen molar-refractivity contribution in [2.45, 2.75) is 50.6 Å². The van der Waals surface area contributed by atoms with E-state index in [4.69, 9.17) is 9.47 Å². The molecule has 2 atom stereocenters. The predicted molar refractivity (Wildman–Crippen MR) is 89.5 cm³/mol. The van der Waals surface area contributed by atoms with Crippen LogP contribution >= 0.6 is 0 Å². The van der Waals surface area contributed by atoms with Gasteiger partial charge in [0.25, 0.3) is 0 Å². The Bertz CT molecular complexity index is 645. The smallest absolute Gasteiger partial charge is 0.411 e. The van der Waals surface area contributed by atoms with E-state index in [1.165, 1.54) is 0 Å². The number of amides is 1. The average Bonchev–Trinajstić information content (AvgIpc) is 2.58. The molecule has 0 saturated carbocycles. The van der Waals surface area contributed by atoms with Gasteiger partial charge in [-0.2, -0.15) is 13.2 Å². The lowest BCUT2D eigenvalue weighted by Crippen LogP contribution is -2.56. The minimum atomic E-state index is -4.12. The van der Waals surface area contributed by atoms with Crippen molar-refractivity contribution in [1.29, 1.82) is 0 Å². The fraction of sp³-hybridized carbons (Fsp3) is 0.526. The number of hydrogen-bond donors (Lipinski definition) is 0. The van der Waals surface area contributed by atoms with Gasteiger partial charge in [0.15, 0.2) is 0 Å². The number of carbonyl (C=O) groups is 1. The van der Waals surface area contributed by atoms with Gasteiger partial charge in [0.05, 0.1) is 25.3 Å². The second-order valence-corrected chi connectivity index (χ2v) is 6.70. The van der Waals surface area contributed by atoms with Crippen LogP contribution in [-0.4, -0.2) is 42.5 Å². The van der Waals surface area contributed by atoms with Crippen LogP contribution in [0.15, 0.2) is 42.0 Å². The molecule has 2 bridgehead atoms. The zero-order chi connectivity index (χ0) is 18.6. The Morgan fingerprint density at radius 2 is 2.00 bits per heavy atom. The van der Waals surface area contributed by atoms with Crippen LogP contribution in [-0.2, 0) is 16.1 Å². The van der Waals surface area contributed by atoms with Gasteiger partial charge in [-0.1, -0.05) is 42.0 Å². The number of benzene rings is 1. The highest BCUT2D eigenvalue weighted by molar-refractivity contribution is 5.69. The molecule has 0 aromatic heterocycles. The van der Waals surface area contributed by atoms with Gasteiger partial charge < -0.3 is 9.47 Å². The lowest BCUT2D eigenvalue weighted by atomic mass is 9.91. The molecule has 0 spiro atoms. The summed E-state index contributed by atoms with van der Waals surface area (Å²) in [4.78, 5) is 14.2. The highest BCUT2D eigenvalue weighted by atomic mass is 19.4. The highest BCUT2D eigenvalue weighted by Gasteiger charge is 2.38. The van der Waals surface area contributed by atoms with Crippen molar-refractivity contribution in [1.82, 2.24) is 4.90 Å². The maximum atomic E-state index is 12.5. The number of alkyl halides is 3. The molecule has 1 amide bonds. The van der Waals surface area contributed by atoms with Crippen molar-refractivity contribution in [2.24, 2.45) is 0 Å². The third-order valence-corrected chi connectivity index (χ3v) is 4.65. The second kappa shape index (κ2) is 8.12. The monoisotopic (exact) mass is 369 g/mol. The molecule has 2 unspecified atom stereocenters. The molecule has 0 aliphatic carbocycles. The molecule has 7 heteroatoms. The number of fused-ring (bicyclic) bond motifs is 2. The topological polar surface area (TPSA) is 38.8 Å². The lowest BCUT2D eigenvalue weighted by molar-refractivity contribution is -0.135. The number of morpholine rings is 1. The summed E-state index contributed by atoms with van der Waals surface area (Å²) < 4.78 is 47.9. The van der Waals surface area contributed by atoms with Crippen molar-refractivity contribution in [3.63, 3.8) is 0 Å². The Hall–Kier alpha value is -2.02. The van der Waals surface area contributed by atoms with Crippen LogP contribution in [0.3, 0.4) is 0 Å². The Morgan fingerprint density at radius 3 is 2.69 bits per heavy atom. The molecule has 1 aromatic rings. The summed E-state index contributed by atoms with van der Waals surface area (Å²) in [6, 6.07) is 8.96. The number of hydrogen-bond acceptors (Lipinski definition) is 3. The van der Waals surface area contributed by atoms with E-state index in [2.05, 4.69) is 0 Å². The summed E-state index contributed by atoms with van der Waals surface area (Å²) in [5, 5.41) is 0. The number of ether oxygens (including phenoxy) is 2. The van der Waals surface area contributed by atoms with E-state index in [-0.39, 0.29) is 25.1 Å². The minimum Gasteiger partial charge on any atom is -0.445 e. The fourth-order valence-corrected chi connectivity index (χ4v) is 3.46. The quantitative estimate of drug-likeness (QED) is 0.720. The van der Waals surface area contributed by atoms with Crippen LogP contribution in [0.5, 0.6) is 0 Å². The predicted octanol–water partition coefficient (Wildman–Crippen LogP) is 4.46. The van der Waals surface area contributed by atoms with Gasteiger partial charge in [-0.3, -0.25) is 4.90 Å². The van der Waals surface area contributed by atoms with E-state index in [1.54, 1.807) is 4.90 Å². The number of carbonyl (C=O) groups excluding carboxylic acids is 1. The Morgan fingerprint density at radius 1 is 1.23 bits per heavy atom. The molecule has 142 valence electrons. The maximum Gasteiger partial charge on any atom is 0.411 e. The van der Waals surface area contributed by atoms with E-state index in [9.17, 15) is 18.0 Å². The van der Waals surface area contributed by atoms with E-state index in [0.717, 1.165) is 11.1 Å². The van der Waals surface area contributed by atoms with Crippen molar-refractivity contribution >= 4 is 6.09 Å². The van der Waals surface area contributed by atoms with Crippen molar-refractivity contribution in [3.05, 3.63) is 47.5 Å². The van der Waals surface area contributed by atoms with Crippen molar-refractivity contribution in [3.8, 4) is 0 Å². The van der Waals surface area contributed by atoms with Crippen molar-refractivity contribution in [2.75, 3.05) is 13.2 Å². The molecule has 2 heterocycles. The van der Waals surface area contributed by atoms with Crippen LogP contribution in [0.2, 0.25) is 0 Å². The first-order chi connectivity index (χ1) is 12.4. The van der Waals surface area contributed by atoms with Crippen molar-refractivity contribution < 1.29 is 27.4 Å². The molecular weight excluding hydrogens is 347 g/mol. The van der Waals surface area contributed by atoms with Gasteiger partial charge >= 0.3 is 12.3 Å². The third-order valence-electron chi connectivity index (χ3n) is 4.65. The summed E-state index contributed by atoms with van der Waals surface area (Å²) in [7, 11) is 0. The normalized spacial score (nSPS) is 22.7. The van der Waals surface area contributed by atoms with Gasteiger partial charge in [0, 0.05) is 6.42 Å². The van der Waals surface area contributed by atoms with E-state index >= 15 is 0 Å². The molecule has 0 radical (unpaired) electrons. The zero-order valence-electron chi connectivity index (χ0n) is 14.4. The summed E-state index contributed by atoms with van der Waals surface area (Å²) in [6.07, 6.45) is -2.42. The average molecular weight is 369 g/mol. The largest absolute Gasteiger partial charge is 0.445 e. The van der Waals surface area contributed by atoms with Gasteiger partial charge in [-0.05, 0) is 24.8 Å². The summed E-state index contributed by atoms with van der Waals surface area (Å²) in [6.45, 7) is 0.923. The molecule has 3 rings (SSSR count). The summed E-state index contributed by atoms with van der Waals surface area (Å²) in [5.41, 5.74) is 1.88. The summed E-state index contributed by atoms with van der Waals surface area (Å²) in [5.74, 6) is 0. The Kier molecular flexibility index (Phi) is 5.86. The Labute approximate surface area is 150 Å². The molecule has 1 saturated heterocycles. The van der Waals surface area contributed by atoms with Crippen LogP contribution in [0.25, 0.3) is 0 Å². The molecular formula is C19H22F3NO3. The molecule has 1 aromatic carbocycles. The zero-order valence-corrected chi connectivity index (χ0v) is 14.4. The molecule has 26 heavy (non-hydrogen) atoms.